The zero-order valence-corrected chi connectivity index (χ0v) is 19.7. The quantitative estimate of drug-likeness (QED) is 0.525. The topological polar surface area (TPSA) is 40.5 Å². The molecule has 0 radical (unpaired) electrons. The van der Waals surface area contributed by atoms with Gasteiger partial charge in [0.25, 0.3) is 0 Å². The molecule has 0 spiro atoms. The molecular formula is C27H46O2. The van der Waals surface area contributed by atoms with Crippen molar-refractivity contribution >= 4 is 0 Å². The second-order valence-electron chi connectivity index (χ2n) is 12.4. The smallest absolute Gasteiger partial charge is 0.0657 e. The fraction of sp³-hybridized carbons (Fsp3) is 0.926. The summed E-state index contributed by atoms with van der Waals surface area (Å²) in [6.45, 7) is 11.5. The maximum absolute atomic E-state index is 10.9. The summed E-state index contributed by atoms with van der Waals surface area (Å²) >= 11 is 0. The molecule has 0 saturated heterocycles. The van der Waals surface area contributed by atoms with Gasteiger partial charge in [0, 0.05) is 0 Å². The van der Waals surface area contributed by atoms with Crippen LogP contribution in [-0.2, 0) is 0 Å². The van der Waals surface area contributed by atoms with Crippen LogP contribution >= 0.6 is 0 Å². The Morgan fingerprint density at radius 2 is 1.76 bits per heavy atom. The summed E-state index contributed by atoms with van der Waals surface area (Å²) in [6.07, 6.45) is 14.2. The zero-order chi connectivity index (χ0) is 21.0. The molecule has 0 amide bonds. The Balaban J connectivity index is 1.48. The Hall–Kier alpha value is -0.340. The number of hydrogen-bond donors (Lipinski definition) is 2. The van der Waals surface area contributed by atoms with E-state index in [1.807, 2.05) is 6.92 Å². The lowest BCUT2D eigenvalue weighted by atomic mass is 9.50. The minimum Gasteiger partial charge on any atom is -0.393 e. The van der Waals surface area contributed by atoms with E-state index < -0.39 is 5.60 Å². The minimum atomic E-state index is -0.474. The summed E-state index contributed by atoms with van der Waals surface area (Å²) in [5.41, 5.74) is 1.53. The molecule has 0 aromatic carbocycles. The summed E-state index contributed by atoms with van der Waals surface area (Å²) in [7, 11) is 0. The second-order valence-corrected chi connectivity index (χ2v) is 12.4. The Morgan fingerprint density at radius 3 is 2.48 bits per heavy atom. The predicted octanol–water partition coefficient (Wildman–Crippen LogP) is 6.36. The van der Waals surface area contributed by atoms with Crippen LogP contribution in [0.4, 0.5) is 0 Å². The first-order valence-corrected chi connectivity index (χ1v) is 12.7. The van der Waals surface area contributed by atoms with Crippen LogP contribution in [0.1, 0.15) is 98.8 Å². The molecule has 3 fully saturated rings. The molecule has 9 atom stereocenters. The van der Waals surface area contributed by atoms with E-state index in [-0.39, 0.29) is 6.10 Å². The number of hydrogen-bond acceptors (Lipinski definition) is 2. The lowest BCUT2D eigenvalue weighted by Crippen LogP contribution is -2.48. The predicted molar refractivity (Wildman–Crippen MR) is 120 cm³/mol. The van der Waals surface area contributed by atoms with Crippen LogP contribution in [0.5, 0.6) is 0 Å². The van der Waals surface area contributed by atoms with Gasteiger partial charge in [-0.05, 0) is 118 Å². The van der Waals surface area contributed by atoms with Gasteiger partial charge >= 0.3 is 0 Å². The summed E-state index contributed by atoms with van der Waals surface area (Å²) < 4.78 is 0. The van der Waals surface area contributed by atoms with Gasteiger partial charge in [-0.3, -0.25) is 0 Å². The van der Waals surface area contributed by atoms with Crippen LogP contribution in [-0.4, -0.2) is 21.9 Å². The molecule has 3 saturated carbocycles. The normalized spacial score (nSPS) is 46.5. The fourth-order valence-electron chi connectivity index (χ4n) is 8.41. The van der Waals surface area contributed by atoms with Crippen molar-refractivity contribution in [3.05, 3.63) is 11.6 Å². The number of aliphatic hydroxyl groups is 2. The third-order valence-electron chi connectivity index (χ3n) is 10.1. The molecule has 0 unspecified atom stereocenters. The van der Waals surface area contributed by atoms with Crippen LogP contribution in [0, 0.1) is 46.8 Å². The minimum absolute atomic E-state index is 0.130. The Morgan fingerprint density at radius 1 is 1.00 bits per heavy atom. The van der Waals surface area contributed by atoms with Crippen molar-refractivity contribution in [3.63, 3.8) is 0 Å². The van der Waals surface area contributed by atoms with Crippen molar-refractivity contribution < 1.29 is 10.2 Å². The van der Waals surface area contributed by atoms with E-state index >= 15 is 0 Å². The standard InChI is InChI=1S/C27H46O2/c1-17(2)6-11-25(28)18(3)23-9-10-24-22-8-7-19-16-26(4,29)14-12-20(19)21(22)13-15-27(23,24)5/h7,17-18,20-25,28-29H,6,8-16H2,1-5H3/t18-,20-,21+,22+,23+,24-,25+,26-,27+/m0/s1. The molecule has 0 heterocycles. The van der Waals surface area contributed by atoms with Crippen LogP contribution < -0.4 is 0 Å². The van der Waals surface area contributed by atoms with E-state index in [4.69, 9.17) is 0 Å². The van der Waals surface area contributed by atoms with Gasteiger partial charge in [0.1, 0.15) is 0 Å². The first-order valence-electron chi connectivity index (χ1n) is 12.7. The van der Waals surface area contributed by atoms with Gasteiger partial charge in [-0.15, -0.1) is 0 Å². The molecule has 4 aliphatic carbocycles. The van der Waals surface area contributed by atoms with Gasteiger partial charge in [-0.1, -0.05) is 39.3 Å². The SMILES string of the molecule is CC(C)CC[C@@H](O)[C@@H](C)[C@H]1CC[C@H]2[C@@H]3CC=C4C[C@@](C)(O)CC[C@@H]4[C@H]3CC[C@]12C. The number of allylic oxidation sites excluding steroid dienone is 1. The van der Waals surface area contributed by atoms with E-state index in [1.54, 1.807) is 5.57 Å². The van der Waals surface area contributed by atoms with Crippen molar-refractivity contribution in [2.45, 2.75) is 111 Å². The first kappa shape index (κ1) is 21.9. The molecule has 2 N–H and O–H groups in total. The Bertz CT molecular complexity index is 620. The highest BCUT2D eigenvalue weighted by molar-refractivity contribution is 5.21. The summed E-state index contributed by atoms with van der Waals surface area (Å²) in [5, 5.41) is 21.5. The largest absolute Gasteiger partial charge is 0.393 e. The maximum Gasteiger partial charge on any atom is 0.0657 e. The molecule has 0 aromatic heterocycles. The van der Waals surface area contributed by atoms with Gasteiger partial charge in [0.2, 0.25) is 0 Å². The van der Waals surface area contributed by atoms with Crippen molar-refractivity contribution in [2.75, 3.05) is 0 Å². The van der Waals surface area contributed by atoms with Crippen molar-refractivity contribution in [3.8, 4) is 0 Å². The number of rotatable bonds is 5. The number of fused-ring (bicyclic) bond motifs is 5. The average molecular weight is 403 g/mol. The average Bonchev–Trinajstić information content (AvgIpc) is 3.01. The fourth-order valence-corrected chi connectivity index (χ4v) is 8.41. The van der Waals surface area contributed by atoms with Crippen LogP contribution in [0.2, 0.25) is 0 Å². The third-order valence-corrected chi connectivity index (χ3v) is 10.1. The second kappa shape index (κ2) is 7.97. The molecule has 0 bridgehead atoms. The van der Waals surface area contributed by atoms with Gasteiger partial charge in [-0.2, -0.15) is 0 Å². The highest BCUT2D eigenvalue weighted by atomic mass is 16.3. The molecular weight excluding hydrogens is 356 g/mol. The molecule has 29 heavy (non-hydrogen) atoms. The molecule has 4 rings (SSSR count). The first-order chi connectivity index (χ1) is 13.6. The molecule has 0 aromatic rings. The van der Waals surface area contributed by atoms with Crippen molar-refractivity contribution in [1.82, 2.24) is 0 Å². The highest BCUT2D eigenvalue weighted by Crippen LogP contribution is 2.65. The molecule has 166 valence electrons. The summed E-state index contributed by atoms with van der Waals surface area (Å²) in [5.74, 6) is 5.07. The molecule has 2 heteroatoms. The summed E-state index contributed by atoms with van der Waals surface area (Å²) in [6, 6.07) is 0. The molecule has 0 aliphatic heterocycles. The van der Waals surface area contributed by atoms with Crippen molar-refractivity contribution in [1.29, 1.82) is 0 Å². The lowest BCUT2D eigenvalue weighted by molar-refractivity contribution is -0.0537. The lowest BCUT2D eigenvalue weighted by Gasteiger charge is -2.55. The third kappa shape index (κ3) is 3.98. The van der Waals surface area contributed by atoms with E-state index in [0.29, 0.717) is 23.2 Å². The highest BCUT2D eigenvalue weighted by Gasteiger charge is 2.57. The Labute approximate surface area is 179 Å². The molecule has 2 nitrogen and oxygen atoms in total. The van der Waals surface area contributed by atoms with E-state index in [2.05, 4.69) is 33.8 Å². The van der Waals surface area contributed by atoms with Crippen LogP contribution in [0.3, 0.4) is 0 Å². The van der Waals surface area contributed by atoms with Gasteiger partial charge in [0.15, 0.2) is 0 Å². The van der Waals surface area contributed by atoms with Crippen LogP contribution in [0.15, 0.2) is 11.6 Å². The van der Waals surface area contributed by atoms with E-state index in [9.17, 15) is 10.2 Å². The molecule has 4 aliphatic rings. The maximum atomic E-state index is 10.9. The van der Waals surface area contributed by atoms with E-state index in [1.165, 1.54) is 38.5 Å². The number of aliphatic hydroxyl groups excluding tert-OH is 1. The Kier molecular flexibility index (Phi) is 6.01. The van der Waals surface area contributed by atoms with Gasteiger partial charge < -0.3 is 10.2 Å². The van der Waals surface area contributed by atoms with Crippen LogP contribution in [0.25, 0.3) is 0 Å². The van der Waals surface area contributed by atoms with E-state index in [0.717, 1.165) is 49.4 Å². The van der Waals surface area contributed by atoms with Gasteiger partial charge in [0.05, 0.1) is 11.7 Å². The van der Waals surface area contributed by atoms with Crippen molar-refractivity contribution in [2.24, 2.45) is 46.8 Å². The van der Waals surface area contributed by atoms with Gasteiger partial charge in [-0.25, -0.2) is 0 Å². The monoisotopic (exact) mass is 402 g/mol. The summed E-state index contributed by atoms with van der Waals surface area (Å²) in [4.78, 5) is 0. The zero-order valence-electron chi connectivity index (χ0n) is 19.7.